The Balaban J connectivity index is 2.75. The smallest absolute Gasteiger partial charge is 0.326 e. The SMILES string of the molecule is CC(C)[C@H](NC(=O)[C@@H](N)Cc1ccc(O)cc1)C(=O)N[C@@H](CCC(=O)O)C(=O)O. The highest BCUT2D eigenvalue weighted by molar-refractivity contribution is 5.92. The first-order chi connectivity index (χ1) is 13.5. The fourth-order valence-corrected chi connectivity index (χ4v) is 2.56. The predicted molar refractivity (Wildman–Crippen MR) is 103 cm³/mol. The number of phenolic OH excluding ortho intramolecular Hbond substituents is 1. The molecule has 2 amide bonds. The van der Waals surface area contributed by atoms with Crippen molar-refractivity contribution in [1.29, 1.82) is 0 Å². The van der Waals surface area contributed by atoms with Gasteiger partial charge in [-0.3, -0.25) is 14.4 Å². The van der Waals surface area contributed by atoms with Gasteiger partial charge in [0, 0.05) is 6.42 Å². The van der Waals surface area contributed by atoms with Gasteiger partial charge in [0.2, 0.25) is 11.8 Å². The van der Waals surface area contributed by atoms with Crippen molar-refractivity contribution in [3.63, 3.8) is 0 Å². The Bertz CT molecular complexity index is 734. The fourth-order valence-electron chi connectivity index (χ4n) is 2.56. The molecule has 0 fully saturated rings. The van der Waals surface area contributed by atoms with Crippen LogP contribution in [0.4, 0.5) is 0 Å². The lowest BCUT2D eigenvalue weighted by Crippen LogP contribution is -2.56. The van der Waals surface area contributed by atoms with Gasteiger partial charge in [-0.1, -0.05) is 26.0 Å². The van der Waals surface area contributed by atoms with Crippen LogP contribution in [-0.4, -0.2) is 57.2 Å². The maximum absolute atomic E-state index is 12.5. The molecule has 3 atom stereocenters. The summed E-state index contributed by atoms with van der Waals surface area (Å²) in [4.78, 5) is 46.8. The number of amides is 2. The van der Waals surface area contributed by atoms with Crippen LogP contribution in [0.5, 0.6) is 5.75 Å². The van der Waals surface area contributed by atoms with Gasteiger partial charge in [0.1, 0.15) is 17.8 Å². The molecule has 1 rings (SSSR count). The van der Waals surface area contributed by atoms with Gasteiger partial charge in [0.15, 0.2) is 0 Å². The lowest BCUT2D eigenvalue weighted by atomic mass is 10.0. The first-order valence-corrected chi connectivity index (χ1v) is 9.10. The maximum Gasteiger partial charge on any atom is 0.326 e. The Morgan fingerprint density at radius 1 is 1.00 bits per heavy atom. The summed E-state index contributed by atoms with van der Waals surface area (Å²) in [5.74, 6) is -4.16. The van der Waals surface area contributed by atoms with E-state index < -0.39 is 48.3 Å². The maximum atomic E-state index is 12.5. The van der Waals surface area contributed by atoms with Crippen LogP contribution < -0.4 is 16.4 Å². The molecule has 0 spiro atoms. The highest BCUT2D eigenvalue weighted by atomic mass is 16.4. The summed E-state index contributed by atoms with van der Waals surface area (Å²) in [7, 11) is 0. The molecule has 0 aromatic heterocycles. The van der Waals surface area contributed by atoms with Crippen LogP contribution in [-0.2, 0) is 25.6 Å². The van der Waals surface area contributed by atoms with E-state index >= 15 is 0 Å². The van der Waals surface area contributed by atoms with Crippen molar-refractivity contribution >= 4 is 23.8 Å². The molecule has 10 nitrogen and oxygen atoms in total. The average Bonchev–Trinajstić information content (AvgIpc) is 2.63. The van der Waals surface area contributed by atoms with Crippen molar-refractivity contribution in [2.24, 2.45) is 11.7 Å². The molecule has 0 unspecified atom stereocenters. The van der Waals surface area contributed by atoms with Gasteiger partial charge < -0.3 is 31.7 Å². The molecule has 1 aromatic carbocycles. The summed E-state index contributed by atoms with van der Waals surface area (Å²) in [5, 5.41) is 32.0. The number of nitrogens with two attached hydrogens (primary N) is 1. The molecular formula is C19H27N3O7. The van der Waals surface area contributed by atoms with E-state index in [1.165, 1.54) is 12.1 Å². The van der Waals surface area contributed by atoms with Crippen LogP contribution in [0.15, 0.2) is 24.3 Å². The number of hydrogen-bond acceptors (Lipinski definition) is 6. The summed E-state index contributed by atoms with van der Waals surface area (Å²) in [6.07, 6.45) is -0.530. The zero-order valence-electron chi connectivity index (χ0n) is 16.3. The third-order valence-electron chi connectivity index (χ3n) is 4.24. The van der Waals surface area contributed by atoms with Crippen molar-refractivity contribution in [1.82, 2.24) is 10.6 Å². The number of carbonyl (C=O) groups excluding carboxylic acids is 2. The van der Waals surface area contributed by atoms with Crippen LogP contribution in [0.3, 0.4) is 0 Å². The average molecular weight is 409 g/mol. The second-order valence-corrected chi connectivity index (χ2v) is 7.04. The van der Waals surface area contributed by atoms with Crippen LogP contribution in [0.2, 0.25) is 0 Å². The van der Waals surface area contributed by atoms with Crippen LogP contribution >= 0.6 is 0 Å². The molecular weight excluding hydrogens is 382 g/mol. The van der Waals surface area contributed by atoms with Crippen molar-refractivity contribution < 1.29 is 34.5 Å². The molecule has 0 saturated heterocycles. The van der Waals surface area contributed by atoms with Gasteiger partial charge in [-0.15, -0.1) is 0 Å². The molecule has 0 heterocycles. The third kappa shape index (κ3) is 8.18. The second-order valence-electron chi connectivity index (χ2n) is 7.04. The number of hydrogen-bond donors (Lipinski definition) is 6. The van der Waals surface area contributed by atoms with Gasteiger partial charge in [0.25, 0.3) is 0 Å². The normalized spacial score (nSPS) is 13.9. The molecule has 7 N–H and O–H groups in total. The van der Waals surface area contributed by atoms with E-state index in [4.69, 9.17) is 10.8 Å². The zero-order valence-corrected chi connectivity index (χ0v) is 16.3. The van der Waals surface area contributed by atoms with E-state index in [-0.39, 0.29) is 24.5 Å². The van der Waals surface area contributed by atoms with Gasteiger partial charge in [-0.2, -0.15) is 0 Å². The number of carboxylic acids is 2. The number of nitrogens with one attached hydrogen (secondary N) is 2. The van der Waals surface area contributed by atoms with Gasteiger partial charge in [-0.05, 0) is 36.5 Å². The Morgan fingerprint density at radius 3 is 2.07 bits per heavy atom. The van der Waals surface area contributed by atoms with Crippen molar-refractivity contribution in [2.45, 2.75) is 51.2 Å². The molecule has 0 radical (unpaired) electrons. The summed E-state index contributed by atoms with van der Waals surface area (Å²) in [6, 6.07) is 2.78. The van der Waals surface area contributed by atoms with Gasteiger partial charge >= 0.3 is 11.9 Å². The van der Waals surface area contributed by atoms with Crippen LogP contribution in [0.1, 0.15) is 32.3 Å². The van der Waals surface area contributed by atoms with Gasteiger partial charge in [-0.25, -0.2) is 4.79 Å². The van der Waals surface area contributed by atoms with Crippen LogP contribution in [0.25, 0.3) is 0 Å². The highest BCUT2D eigenvalue weighted by Crippen LogP contribution is 2.11. The van der Waals surface area contributed by atoms with Crippen molar-refractivity contribution in [3.05, 3.63) is 29.8 Å². The Morgan fingerprint density at radius 2 is 1.59 bits per heavy atom. The molecule has 0 bridgehead atoms. The Kier molecular flexibility index (Phi) is 9.07. The predicted octanol–water partition coefficient (Wildman–Crippen LogP) is -0.163. The molecule has 0 aliphatic carbocycles. The molecule has 0 aliphatic rings. The lowest BCUT2D eigenvalue weighted by molar-refractivity contribution is -0.143. The molecule has 160 valence electrons. The number of carbonyl (C=O) groups is 4. The summed E-state index contributed by atoms with van der Waals surface area (Å²) in [5.41, 5.74) is 6.62. The van der Waals surface area contributed by atoms with Crippen LogP contribution in [0, 0.1) is 5.92 Å². The number of carboxylic acid groups (broad SMARTS) is 2. The van der Waals surface area contributed by atoms with Crippen molar-refractivity contribution in [3.8, 4) is 5.75 Å². The minimum Gasteiger partial charge on any atom is -0.508 e. The Hall–Kier alpha value is -3.14. The van der Waals surface area contributed by atoms with E-state index in [1.54, 1.807) is 26.0 Å². The number of phenols is 1. The minimum atomic E-state index is -1.39. The number of aliphatic carboxylic acids is 2. The fraction of sp³-hybridized carbons (Fsp3) is 0.474. The summed E-state index contributed by atoms with van der Waals surface area (Å²) < 4.78 is 0. The van der Waals surface area contributed by atoms with E-state index in [0.29, 0.717) is 0 Å². The molecule has 1 aromatic rings. The largest absolute Gasteiger partial charge is 0.508 e. The quantitative estimate of drug-likeness (QED) is 0.292. The standard InChI is InChI=1S/C19H27N3O7/c1-10(2)16(18(27)21-14(19(28)29)7-8-15(24)25)22-17(26)13(20)9-11-3-5-12(23)6-4-11/h3-6,10,13-14,16,23H,7-9,20H2,1-2H3,(H,21,27)(H,22,26)(H,24,25)(H,28,29)/t13-,14-,16-/m0/s1. The third-order valence-corrected chi connectivity index (χ3v) is 4.24. The number of aromatic hydroxyl groups is 1. The number of rotatable bonds is 11. The first kappa shape index (κ1) is 23.9. The van der Waals surface area contributed by atoms with E-state index in [9.17, 15) is 29.4 Å². The first-order valence-electron chi connectivity index (χ1n) is 9.10. The summed E-state index contributed by atoms with van der Waals surface area (Å²) >= 11 is 0. The highest BCUT2D eigenvalue weighted by Gasteiger charge is 2.30. The van der Waals surface area contributed by atoms with E-state index in [0.717, 1.165) is 5.56 Å². The topological polar surface area (TPSA) is 179 Å². The monoisotopic (exact) mass is 409 g/mol. The lowest BCUT2D eigenvalue weighted by Gasteiger charge is -2.25. The number of benzene rings is 1. The van der Waals surface area contributed by atoms with E-state index in [1.807, 2.05) is 0 Å². The molecule has 0 saturated carbocycles. The molecule has 0 aliphatic heterocycles. The zero-order chi connectivity index (χ0) is 22.1. The van der Waals surface area contributed by atoms with E-state index in [2.05, 4.69) is 10.6 Å². The van der Waals surface area contributed by atoms with Crippen molar-refractivity contribution in [2.75, 3.05) is 0 Å². The van der Waals surface area contributed by atoms with Gasteiger partial charge in [0.05, 0.1) is 6.04 Å². The second kappa shape index (κ2) is 11.0. The summed E-state index contributed by atoms with van der Waals surface area (Å²) in [6.45, 7) is 3.34. The molecule has 29 heavy (non-hydrogen) atoms. The Labute approximate surface area is 168 Å². The minimum absolute atomic E-state index is 0.0826. The molecule has 10 heteroatoms.